The summed E-state index contributed by atoms with van der Waals surface area (Å²) in [5.41, 5.74) is 2.76. The number of fused-ring (bicyclic) bond motifs is 1. The molecule has 2 aromatic heterocycles. The Morgan fingerprint density at radius 1 is 1.38 bits per heavy atom. The van der Waals surface area contributed by atoms with Crippen molar-refractivity contribution in [2.75, 3.05) is 5.32 Å². The molecule has 1 aromatic carbocycles. The van der Waals surface area contributed by atoms with Gasteiger partial charge in [0.1, 0.15) is 11.6 Å². The van der Waals surface area contributed by atoms with Gasteiger partial charge in [-0.2, -0.15) is 5.10 Å². The van der Waals surface area contributed by atoms with Crippen molar-refractivity contribution in [3.8, 4) is 0 Å². The number of aromatic nitrogens is 3. The number of carbonyl (C=O) groups is 1. The lowest BCUT2D eigenvalue weighted by atomic mass is 9.91. The molecule has 0 saturated carbocycles. The summed E-state index contributed by atoms with van der Waals surface area (Å²) in [6.07, 6.45) is 2.10. The van der Waals surface area contributed by atoms with E-state index in [4.69, 9.17) is 16.1 Å². The highest BCUT2D eigenvalue weighted by molar-refractivity contribution is 6.31. The maximum atomic E-state index is 12.3. The molecule has 0 fully saturated rings. The predicted octanol–water partition coefficient (Wildman–Crippen LogP) is 4.17. The Balaban J connectivity index is 1.69. The summed E-state index contributed by atoms with van der Waals surface area (Å²) in [5, 5.41) is 12.2. The highest BCUT2D eigenvalue weighted by atomic mass is 35.5. The van der Waals surface area contributed by atoms with Gasteiger partial charge in [-0.05, 0) is 17.5 Å². The summed E-state index contributed by atoms with van der Waals surface area (Å²) in [4.78, 5) is 12.3. The van der Waals surface area contributed by atoms with E-state index >= 15 is 0 Å². The maximum absolute atomic E-state index is 12.3. The van der Waals surface area contributed by atoms with Crippen LogP contribution in [0.25, 0.3) is 0 Å². The van der Waals surface area contributed by atoms with Crippen LogP contribution < -0.4 is 5.32 Å². The number of nitrogens with zero attached hydrogens (tertiary/aromatic N) is 3. The van der Waals surface area contributed by atoms with E-state index in [1.807, 2.05) is 30.3 Å². The van der Waals surface area contributed by atoms with Gasteiger partial charge in [0.25, 0.3) is 0 Å². The molecule has 0 saturated heterocycles. The first-order valence-corrected chi connectivity index (χ1v) is 8.96. The van der Waals surface area contributed by atoms with E-state index in [2.05, 4.69) is 29.4 Å². The molecular formula is C19H19ClN4O2. The molecule has 26 heavy (non-hydrogen) atoms. The molecule has 1 aliphatic rings. The zero-order valence-corrected chi connectivity index (χ0v) is 15.3. The first kappa shape index (κ1) is 16.8. The summed E-state index contributed by atoms with van der Waals surface area (Å²) in [6.45, 7) is 4.60. The van der Waals surface area contributed by atoms with Crippen LogP contribution in [0.4, 0.5) is 5.82 Å². The monoisotopic (exact) mass is 370 g/mol. The van der Waals surface area contributed by atoms with Gasteiger partial charge in [-0.15, -0.1) is 0 Å². The minimum Gasteiger partial charge on any atom is -0.360 e. The second-order valence-electron chi connectivity index (χ2n) is 6.81. The van der Waals surface area contributed by atoms with E-state index in [0.717, 1.165) is 16.8 Å². The van der Waals surface area contributed by atoms with Crippen LogP contribution in [-0.4, -0.2) is 20.8 Å². The van der Waals surface area contributed by atoms with Gasteiger partial charge in [0.2, 0.25) is 5.91 Å². The van der Waals surface area contributed by atoms with Crippen molar-refractivity contribution in [2.45, 2.75) is 38.6 Å². The molecule has 4 rings (SSSR count). The fourth-order valence-corrected chi connectivity index (χ4v) is 3.37. The van der Waals surface area contributed by atoms with Crippen LogP contribution in [0.2, 0.25) is 5.02 Å². The van der Waals surface area contributed by atoms with E-state index in [-0.39, 0.29) is 17.7 Å². The lowest BCUT2D eigenvalue weighted by Gasteiger charge is -2.21. The van der Waals surface area contributed by atoms with Gasteiger partial charge in [-0.3, -0.25) is 4.79 Å². The van der Waals surface area contributed by atoms with Crippen molar-refractivity contribution in [1.82, 2.24) is 14.9 Å². The summed E-state index contributed by atoms with van der Waals surface area (Å²) < 4.78 is 7.29. The van der Waals surface area contributed by atoms with E-state index < -0.39 is 0 Å². The lowest BCUT2D eigenvalue weighted by molar-refractivity contribution is -0.116. The van der Waals surface area contributed by atoms with E-state index in [1.54, 1.807) is 10.9 Å². The standard InChI is InChI=1S/C19H19ClN4O2/c1-11(2)16-8-17(26-23-16)13-7-18(25)22-19-14(13)9-21-24(19)10-12-5-3-4-6-15(12)20/h3-6,8-9,11,13H,7,10H2,1-2H3,(H,22,25)/t13-/m0/s1. The van der Waals surface area contributed by atoms with Crippen LogP contribution in [0.15, 0.2) is 41.1 Å². The van der Waals surface area contributed by atoms with Gasteiger partial charge < -0.3 is 9.84 Å². The molecule has 0 unspecified atom stereocenters. The minimum atomic E-state index is -0.182. The van der Waals surface area contributed by atoms with Crippen molar-refractivity contribution in [3.05, 3.63) is 64.1 Å². The number of halogens is 1. The van der Waals surface area contributed by atoms with Gasteiger partial charge in [-0.1, -0.05) is 48.8 Å². The van der Waals surface area contributed by atoms with Crippen molar-refractivity contribution in [3.63, 3.8) is 0 Å². The molecule has 1 aliphatic heterocycles. The minimum absolute atomic E-state index is 0.0640. The largest absolute Gasteiger partial charge is 0.360 e. The quantitative estimate of drug-likeness (QED) is 0.748. The van der Waals surface area contributed by atoms with Crippen molar-refractivity contribution >= 4 is 23.3 Å². The van der Waals surface area contributed by atoms with E-state index in [9.17, 15) is 4.79 Å². The zero-order valence-electron chi connectivity index (χ0n) is 14.6. The first-order chi connectivity index (χ1) is 12.5. The third kappa shape index (κ3) is 3.01. The molecular weight excluding hydrogens is 352 g/mol. The van der Waals surface area contributed by atoms with Gasteiger partial charge in [0.15, 0.2) is 0 Å². The van der Waals surface area contributed by atoms with Crippen molar-refractivity contribution in [2.24, 2.45) is 0 Å². The predicted molar refractivity (Wildman–Crippen MR) is 98.5 cm³/mol. The first-order valence-electron chi connectivity index (χ1n) is 8.58. The Morgan fingerprint density at radius 3 is 2.92 bits per heavy atom. The van der Waals surface area contributed by atoms with E-state index in [0.29, 0.717) is 29.6 Å². The van der Waals surface area contributed by atoms with Crippen LogP contribution in [0.3, 0.4) is 0 Å². The highest BCUT2D eigenvalue weighted by Gasteiger charge is 2.32. The van der Waals surface area contributed by atoms with Crippen LogP contribution in [0, 0.1) is 0 Å². The molecule has 6 nitrogen and oxygen atoms in total. The molecule has 0 spiro atoms. The topological polar surface area (TPSA) is 73.0 Å². The summed E-state index contributed by atoms with van der Waals surface area (Å²) in [6, 6.07) is 9.54. The van der Waals surface area contributed by atoms with Crippen molar-refractivity contribution in [1.29, 1.82) is 0 Å². The smallest absolute Gasteiger partial charge is 0.226 e. The molecule has 1 amide bonds. The summed E-state index contributed by atoms with van der Waals surface area (Å²) in [5.74, 6) is 1.41. The Labute approximate surface area is 156 Å². The molecule has 1 atom stereocenters. The van der Waals surface area contributed by atoms with Crippen LogP contribution in [0.5, 0.6) is 0 Å². The number of hydrogen-bond acceptors (Lipinski definition) is 4. The molecule has 7 heteroatoms. The number of rotatable bonds is 4. The fraction of sp³-hybridized carbons (Fsp3) is 0.316. The summed E-state index contributed by atoms with van der Waals surface area (Å²) in [7, 11) is 0. The average Bonchev–Trinajstić information content (AvgIpc) is 3.24. The van der Waals surface area contributed by atoms with E-state index in [1.165, 1.54) is 0 Å². The second kappa shape index (κ2) is 6.61. The average molecular weight is 371 g/mol. The molecule has 3 aromatic rings. The van der Waals surface area contributed by atoms with Crippen molar-refractivity contribution < 1.29 is 9.32 Å². The number of amides is 1. The number of carbonyl (C=O) groups excluding carboxylic acids is 1. The molecule has 1 N–H and O–H groups in total. The Hall–Kier alpha value is -2.60. The third-order valence-electron chi connectivity index (χ3n) is 4.65. The maximum Gasteiger partial charge on any atom is 0.226 e. The lowest BCUT2D eigenvalue weighted by Crippen LogP contribution is -2.24. The molecule has 3 heterocycles. The Morgan fingerprint density at radius 2 is 2.19 bits per heavy atom. The van der Waals surface area contributed by atoms with Crippen LogP contribution in [-0.2, 0) is 11.3 Å². The molecule has 0 bridgehead atoms. The normalized spacial score (nSPS) is 16.6. The highest BCUT2D eigenvalue weighted by Crippen LogP contribution is 2.38. The van der Waals surface area contributed by atoms with Crippen LogP contribution in [0.1, 0.15) is 54.7 Å². The van der Waals surface area contributed by atoms with Gasteiger partial charge in [0, 0.05) is 23.1 Å². The number of nitrogens with one attached hydrogen (secondary N) is 1. The van der Waals surface area contributed by atoms with Crippen LogP contribution >= 0.6 is 11.6 Å². The molecule has 134 valence electrons. The zero-order chi connectivity index (χ0) is 18.3. The Kier molecular flexibility index (Phi) is 4.28. The number of anilines is 1. The van der Waals surface area contributed by atoms with Gasteiger partial charge >= 0.3 is 0 Å². The second-order valence-corrected chi connectivity index (χ2v) is 7.22. The van der Waals surface area contributed by atoms with Gasteiger partial charge in [-0.25, -0.2) is 4.68 Å². The van der Waals surface area contributed by atoms with Gasteiger partial charge in [0.05, 0.1) is 24.4 Å². The number of benzene rings is 1. The fourth-order valence-electron chi connectivity index (χ4n) is 3.17. The Bertz CT molecular complexity index is 960. The SMILES string of the molecule is CC(C)c1cc([C@H]2CC(=O)Nc3c2cnn3Cc2ccccc2Cl)on1. The number of hydrogen-bond donors (Lipinski definition) is 1. The molecule has 0 aliphatic carbocycles. The molecule has 0 radical (unpaired) electrons. The summed E-state index contributed by atoms with van der Waals surface area (Å²) >= 11 is 6.26. The third-order valence-corrected chi connectivity index (χ3v) is 5.02.